The summed E-state index contributed by atoms with van der Waals surface area (Å²) in [6, 6.07) is 11.1. The van der Waals surface area contributed by atoms with Crippen LogP contribution >= 0.6 is 0 Å². The molecule has 0 spiro atoms. The van der Waals surface area contributed by atoms with Crippen molar-refractivity contribution >= 4 is 17.6 Å². The number of non-ortho nitro benzene ring substituents is 1. The van der Waals surface area contributed by atoms with E-state index in [2.05, 4.69) is 10.1 Å². The molecular weight excluding hydrogens is 380 g/mol. The fourth-order valence-corrected chi connectivity index (χ4v) is 2.51. The molecule has 0 aliphatic heterocycles. The minimum atomic E-state index is -0.495. The molecule has 0 saturated heterocycles. The van der Waals surface area contributed by atoms with E-state index in [0.717, 1.165) is 0 Å². The van der Waals surface area contributed by atoms with Gasteiger partial charge in [0.05, 0.1) is 19.1 Å². The molecule has 2 aromatic carbocycles. The summed E-state index contributed by atoms with van der Waals surface area (Å²) in [5.74, 6) is 0.276. The first-order valence-corrected chi connectivity index (χ1v) is 8.83. The van der Waals surface area contributed by atoms with Crippen molar-refractivity contribution in [2.24, 2.45) is 0 Å². The number of esters is 1. The maximum Gasteiger partial charge on any atom is 0.305 e. The second kappa shape index (κ2) is 10.6. The maximum atomic E-state index is 12.0. The monoisotopic (exact) mass is 402 g/mol. The van der Waals surface area contributed by atoms with E-state index in [1.807, 2.05) is 0 Å². The molecule has 154 valence electrons. The van der Waals surface area contributed by atoms with Gasteiger partial charge in [-0.25, -0.2) is 0 Å². The van der Waals surface area contributed by atoms with Crippen LogP contribution in [0.4, 0.5) is 5.69 Å². The molecular formula is C20H22N2O7. The summed E-state index contributed by atoms with van der Waals surface area (Å²) in [4.78, 5) is 33.6. The van der Waals surface area contributed by atoms with E-state index in [9.17, 15) is 19.7 Å². The zero-order chi connectivity index (χ0) is 21.2. The van der Waals surface area contributed by atoms with Crippen LogP contribution in [0.25, 0.3) is 11.1 Å². The first-order chi connectivity index (χ1) is 13.9. The largest absolute Gasteiger partial charge is 0.497 e. The predicted molar refractivity (Wildman–Crippen MR) is 105 cm³/mol. The van der Waals surface area contributed by atoms with Crippen LogP contribution in [0.15, 0.2) is 42.5 Å². The minimum Gasteiger partial charge on any atom is -0.497 e. The van der Waals surface area contributed by atoms with Crippen LogP contribution in [0.3, 0.4) is 0 Å². The van der Waals surface area contributed by atoms with Gasteiger partial charge in [0.2, 0.25) is 0 Å². The highest BCUT2D eigenvalue weighted by Crippen LogP contribution is 2.34. The molecule has 0 unspecified atom stereocenters. The zero-order valence-corrected chi connectivity index (χ0v) is 16.2. The van der Waals surface area contributed by atoms with Crippen LogP contribution in [0.1, 0.15) is 12.8 Å². The summed E-state index contributed by atoms with van der Waals surface area (Å²) in [5, 5.41) is 13.8. The second-order valence-corrected chi connectivity index (χ2v) is 5.98. The van der Waals surface area contributed by atoms with Crippen LogP contribution in [-0.4, -0.2) is 44.2 Å². The standard InChI is InChI=1S/C20H22N2O7/c1-27-16-8-5-14(6-9-16)17-12-15(22(25)26)7-10-18(17)29-13-19(23)21-11-3-4-20(24)28-2/h5-10,12H,3-4,11,13H2,1-2H3,(H,21,23). The number of carbonyl (C=O) groups is 2. The Kier molecular flexibility index (Phi) is 7.96. The van der Waals surface area contributed by atoms with Crippen molar-refractivity contribution in [3.63, 3.8) is 0 Å². The molecule has 0 atom stereocenters. The average molecular weight is 402 g/mol. The summed E-state index contributed by atoms with van der Waals surface area (Å²) >= 11 is 0. The number of methoxy groups -OCH3 is 2. The SMILES string of the molecule is COC(=O)CCCNC(=O)COc1ccc([N+](=O)[O-])cc1-c1ccc(OC)cc1. The lowest BCUT2D eigenvalue weighted by Gasteiger charge is -2.12. The summed E-state index contributed by atoms with van der Waals surface area (Å²) < 4.78 is 15.2. The van der Waals surface area contributed by atoms with Crippen LogP contribution in [0.5, 0.6) is 11.5 Å². The number of ether oxygens (including phenoxy) is 3. The zero-order valence-electron chi connectivity index (χ0n) is 16.2. The lowest BCUT2D eigenvalue weighted by molar-refractivity contribution is -0.384. The van der Waals surface area contributed by atoms with Gasteiger partial charge in [0.25, 0.3) is 11.6 Å². The molecule has 1 amide bonds. The number of nitrogens with zero attached hydrogens (tertiary/aromatic N) is 1. The van der Waals surface area contributed by atoms with Gasteiger partial charge in [0.1, 0.15) is 11.5 Å². The molecule has 2 rings (SSSR count). The Balaban J connectivity index is 2.06. The number of nitrogens with one attached hydrogen (secondary N) is 1. The Morgan fingerprint density at radius 1 is 1.10 bits per heavy atom. The van der Waals surface area contributed by atoms with E-state index >= 15 is 0 Å². The van der Waals surface area contributed by atoms with Gasteiger partial charge in [-0.05, 0) is 30.2 Å². The Bertz CT molecular complexity index is 866. The number of rotatable bonds is 10. The number of nitro groups is 1. The van der Waals surface area contributed by atoms with Crippen molar-refractivity contribution in [3.05, 3.63) is 52.6 Å². The molecule has 0 fully saturated rings. The van der Waals surface area contributed by atoms with Gasteiger partial charge in [-0.2, -0.15) is 0 Å². The summed E-state index contributed by atoms with van der Waals surface area (Å²) in [6.45, 7) is 0.0437. The van der Waals surface area contributed by atoms with Gasteiger partial charge < -0.3 is 19.5 Å². The molecule has 9 heteroatoms. The Morgan fingerprint density at radius 3 is 2.45 bits per heavy atom. The quantitative estimate of drug-likeness (QED) is 0.281. The second-order valence-electron chi connectivity index (χ2n) is 5.98. The summed E-state index contributed by atoms with van der Waals surface area (Å²) in [5.41, 5.74) is 1.08. The smallest absolute Gasteiger partial charge is 0.305 e. The van der Waals surface area contributed by atoms with Crippen molar-refractivity contribution in [3.8, 4) is 22.6 Å². The average Bonchev–Trinajstić information content (AvgIpc) is 2.74. The fourth-order valence-electron chi connectivity index (χ4n) is 2.51. The molecule has 0 bridgehead atoms. The van der Waals surface area contributed by atoms with Crippen molar-refractivity contribution in [1.82, 2.24) is 5.32 Å². The fraction of sp³-hybridized carbons (Fsp3) is 0.300. The summed E-state index contributed by atoms with van der Waals surface area (Å²) in [6.07, 6.45) is 0.661. The molecule has 0 heterocycles. The maximum absolute atomic E-state index is 12.0. The summed E-state index contributed by atoms with van der Waals surface area (Å²) in [7, 11) is 2.85. The van der Waals surface area contributed by atoms with Crippen molar-refractivity contribution in [1.29, 1.82) is 0 Å². The molecule has 0 radical (unpaired) electrons. The van der Waals surface area contributed by atoms with Gasteiger partial charge in [-0.1, -0.05) is 12.1 Å². The molecule has 2 aromatic rings. The van der Waals surface area contributed by atoms with Crippen molar-refractivity contribution in [2.45, 2.75) is 12.8 Å². The molecule has 0 aromatic heterocycles. The topological polar surface area (TPSA) is 117 Å². The molecule has 9 nitrogen and oxygen atoms in total. The van der Waals surface area contributed by atoms with E-state index in [1.54, 1.807) is 31.4 Å². The normalized spacial score (nSPS) is 10.1. The highest BCUT2D eigenvalue weighted by atomic mass is 16.6. The Hall–Kier alpha value is -3.62. The number of amides is 1. The van der Waals surface area contributed by atoms with Crippen LogP contribution in [0, 0.1) is 10.1 Å². The predicted octanol–water partition coefficient (Wildman–Crippen LogP) is 2.72. The highest BCUT2D eigenvalue weighted by Gasteiger charge is 2.15. The van der Waals surface area contributed by atoms with E-state index in [-0.39, 0.29) is 30.6 Å². The third-order valence-electron chi connectivity index (χ3n) is 4.04. The molecule has 0 aliphatic rings. The number of hydrogen-bond acceptors (Lipinski definition) is 7. The number of hydrogen-bond donors (Lipinski definition) is 1. The Morgan fingerprint density at radius 2 is 1.83 bits per heavy atom. The molecule has 29 heavy (non-hydrogen) atoms. The first-order valence-electron chi connectivity index (χ1n) is 8.83. The van der Waals surface area contributed by atoms with Crippen molar-refractivity contribution in [2.75, 3.05) is 27.4 Å². The van der Waals surface area contributed by atoms with E-state index in [0.29, 0.717) is 35.6 Å². The van der Waals surface area contributed by atoms with E-state index < -0.39 is 4.92 Å². The van der Waals surface area contributed by atoms with Crippen molar-refractivity contribution < 1.29 is 28.7 Å². The lowest BCUT2D eigenvalue weighted by Crippen LogP contribution is -2.30. The molecule has 0 saturated carbocycles. The number of carbonyl (C=O) groups excluding carboxylic acids is 2. The third-order valence-corrected chi connectivity index (χ3v) is 4.04. The molecule has 1 N–H and O–H groups in total. The van der Waals surface area contributed by atoms with Crippen LogP contribution in [0.2, 0.25) is 0 Å². The van der Waals surface area contributed by atoms with E-state index in [4.69, 9.17) is 9.47 Å². The van der Waals surface area contributed by atoms with E-state index in [1.165, 1.54) is 25.3 Å². The minimum absolute atomic E-state index is 0.0876. The Labute approximate surface area is 167 Å². The highest BCUT2D eigenvalue weighted by molar-refractivity contribution is 5.79. The van der Waals surface area contributed by atoms with Gasteiger partial charge in [0, 0.05) is 30.7 Å². The van der Waals surface area contributed by atoms with Crippen LogP contribution < -0.4 is 14.8 Å². The lowest BCUT2D eigenvalue weighted by atomic mass is 10.0. The number of benzene rings is 2. The van der Waals surface area contributed by atoms with Gasteiger partial charge in [-0.3, -0.25) is 19.7 Å². The van der Waals surface area contributed by atoms with Gasteiger partial charge in [0.15, 0.2) is 6.61 Å². The third kappa shape index (κ3) is 6.49. The number of nitro benzene ring substituents is 1. The van der Waals surface area contributed by atoms with Gasteiger partial charge >= 0.3 is 5.97 Å². The van der Waals surface area contributed by atoms with Gasteiger partial charge in [-0.15, -0.1) is 0 Å². The molecule has 0 aliphatic carbocycles. The van der Waals surface area contributed by atoms with Crippen LogP contribution in [-0.2, 0) is 14.3 Å². The first kappa shape index (κ1) is 21.7.